The normalized spacial score (nSPS) is 27.8. The van der Waals surface area contributed by atoms with Gasteiger partial charge in [0.05, 0.1) is 24.7 Å². The van der Waals surface area contributed by atoms with Crippen molar-refractivity contribution >= 4 is 0 Å². The predicted octanol–water partition coefficient (Wildman–Crippen LogP) is 2.22. The van der Waals surface area contributed by atoms with Crippen molar-refractivity contribution in [1.82, 2.24) is 10.2 Å². The average Bonchev–Trinajstić information content (AvgIpc) is 2.58. The van der Waals surface area contributed by atoms with E-state index in [4.69, 9.17) is 9.47 Å². The highest BCUT2D eigenvalue weighted by Gasteiger charge is 2.51. The molecule has 5 rings (SSSR count). The fourth-order valence-corrected chi connectivity index (χ4v) is 3.92. The van der Waals surface area contributed by atoms with Gasteiger partial charge < -0.3 is 14.7 Å². The first-order valence-electron chi connectivity index (χ1n) is 8.32. The second kappa shape index (κ2) is 5.41. The van der Waals surface area contributed by atoms with E-state index in [0.717, 1.165) is 34.6 Å². The Morgan fingerprint density at radius 3 is 2.75 bits per heavy atom. The van der Waals surface area contributed by atoms with Crippen molar-refractivity contribution in [2.24, 2.45) is 0 Å². The summed E-state index contributed by atoms with van der Waals surface area (Å²) in [6.07, 6.45) is 2.34. The van der Waals surface area contributed by atoms with E-state index < -0.39 is 5.60 Å². The summed E-state index contributed by atoms with van der Waals surface area (Å²) in [5.74, 6) is 1.33. The SMILES string of the molecule is COc1ccc(Cc2nnc3c([n+]2[O-])C2CCC3(C)OC2C)cc1. The molecule has 0 spiro atoms. The van der Waals surface area contributed by atoms with Crippen molar-refractivity contribution in [1.29, 1.82) is 0 Å². The first-order valence-corrected chi connectivity index (χ1v) is 8.32. The molecule has 1 aliphatic carbocycles. The first-order chi connectivity index (χ1) is 11.5. The fraction of sp³-hybridized carbons (Fsp3) is 0.500. The maximum Gasteiger partial charge on any atom is 0.333 e. The molecule has 1 aromatic heterocycles. The molecule has 126 valence electrons. The molecule has 3 atom stereocenters. The van der Waals surface area contributed by atoms with Crippen LogP contribution in [0.25, 0.3) is 0 Å². The number of ether oxygens (including phenoxy) is 2. The Morgan fingerprint density at radius 1 is 1.33 bits per heavy atom. The molecule has 2 aromatic rings. The molecule has 0 saturated carbocycles. The summed E-state index contributed by atoms with van der Waals surface area (Å²) in [4.78, 5) is 0. The van der Waals surface area contributed by atoms with Crippen LogP contribution >= 0.6 is 0 Å². The summed E-state index contributed by atoms with van der Waals surface area (Å²) in [5.41, 5.74) is 1.99. The lowest BCUT2D eigenvalue weighted by Gasteiger charge is -2.46. The van der Waals surface area contributed by atoms with Gasteiger partial charge in [0.1, 0.15) is 17.0 Å². The van der Waals surface area contributed by atoms with E-state index in [1.807, 2.05) is 38.1 Å². The minimum absolute atomic E-state index is 0.0366. The maximum atomic E-state index is 13.0. The van der Waals surface area contributed by atoms with Crippen molar-refractivity contribution in [2.45, 2.75) is 50.7 Å². The molecule has 1 fully saturated rings. The number of hydrogen-bond acceptors (Lipinski definition) is 5. The van der Waals surface area contributed by atoms with E-state index in [-0.39, 0.29) is 12.0 Å². The number of benzene rings is 1. The van der Waals surface area contributed by atoms with E-state index in [2.05, 4.69) is 10.2 Å². The first kappa shape index (κ1) is 15.3. The predicted molar refractivity (Wildman–Crippen MR) is 86.7 cm³/mol. The highest BCUT2D eigenvalue weighted by Crippen LogP contribution is 2.49. The zero-order valence-corrected chi connectivity index (χ0v) is 14.2. The molecule has 1 saturated heterocycles. The summed E-state index contributed by atoms with van der Waals surface area (Å²) >= 11 is 0. The fourth-order valence-electron chi connectivity index (χ4n) is 3.92. The van der Waals surface area contributed by atoms with E-state index >= 15 is 0 Å². The molecule has 0 amide bonds. The van der Waals surface area contributed by atoms with Crippen LogP contribution in [0.15, 0.2) is 24.3 Å². The van der Waals surface area contributed by atoms with Gasteiger partial charge in [-0.25, -0.2) is 4.73 Å². The largest absolute Gasteiger partial charge is 0.710 e. The second-order valence-electron chi connectivity index (χ2n) is 6.87. The topological polar surface area (TPSA) is 71.2 Å². The van der Waals surface area contributed by atoms with Gasteiger partial charge in [0.25, 0.3) is 0 Å². The van der Waals surface area contributed by atoms with Gasteiger partial charge in [0.2, 0.25) is 0 Å². The summed E-state index contributed by atoms with van der Waals surface area (Å²) in [5, 5.41) is 21.5. The highest BCUT2D eigenvalue weighted by molar-refractivity contribution is 5.29. The molecule has 3 aliphatic rings. The van der Waals surface area contributed by atoms with E-state index in [1.54, 1.807) is 7.11 Å². The number of hydrogen-bond donors (Lipinski definition) is 0. The maximum absolute atomic E-state index is 13.0. The number of aromatic nitrogens is 3. The number of rotatable bonds is 3. The van der Waals surface area contributed by atoms with Gasteiger partial charge in [0, 0.05) is 5.92 Å². The molecule has 0 radical (unpaired) electrons. The Bertz CT molecular complexity index is 778. The highest BCUT2D eigenvalue weighted by atomic mass is 16.5. The molecule has 3 unspecified atom stereocenters. The molecular formula is C18H21N3O3. The summed E-state index contributed by atoms with van der Waals surface area (Å²) in [6, 6.07) is 7.66. The van der Waals surface area contributed by atoms with Crippen LogP contribution in [0.4, 0.5) is 0 Å². The Kier molecular flexibility index (Phi) is 3.46. The standard InChI is InChI=1S/C18H21N3O3/c1-11-14-8-9-18(2,24-11)17-16(14)21(22)15(19-20-17)10-12-4-6-13(23-3)7-5-12/h4-7,11,14H,8-10H2,1-3H3. The molecule has 0 N–H and O–H groups in total. The second-order valence-corrected chi connectivity index (χ2v) is 6.87. The molecule has 3 heterocycles. The summed E-state index contributed by atoms with van der Waals surface area (Å²) < 4.78 is 12.2. The monoisotopic (exact) mass is 327 g/mol. The quantitative estimate of drug-likeness (QED) is 0.638. The van der Waals surface area contributed by atoms with Crippen LogP contribution in [0.3, 0.4) is 0 Å². The van der Waals surface area contributed by atoms with Crippen molar-refractivity contribution in [3.8, 4) is 5.75 Å². The van der Waals surface area contributed by atoms with E-state index in [1.165, 1.54) is 0 Å². The lowest BCUT2D eigenvalue weighted by Crippen LogP contribution is -2.54. The van der Waals surface area contributed by atoms with Crippen molar-refractivity contribution in [2.75, 3.05) is 7.11 Å². The summed E-state index contributed by atoms with van der Waals surface area (Å²) in [6.45, 7) is 4.05. The zero-order valence-electron chi connectivity index (χ0n) is 14.2. The average molecular weight is 327 g/mol. The van der Waals surface area contributed by atoms with Crippen LogP contribution in [0.2, 0.25) is 0 Å². The van der Waals surface area contributed by atoms with E-state index in [0.29, 0.717) is 17.9 Å². The Labute approximate surface area is 141 Å². The Hall–Kier alpha value is -2.21. The van der Waals surface area contributed by atoms with Gasteiger partial charge >= 0.3 is 5.82 Å². The van der Waals surface area contributed by atoms with Gasteiger partial charge in [-0.3, -0.25) is 0 Å². The van der Waals surface area contributed by atoms with Crippen LogP contribution in [0, 0.1) is 5.21 Å². The third-order valence-corrected chi connectivity index (χ3v) is 5.28. The van der Waals surface area contributed by atoms with Gasteiger partial charge in [0.15, 0.2) is 5.69 Å². The minimum atomic E-state index is -0.485. The number of methoxy groups -OCH3 is 1. The number of fused-ring (bicyclic) bond motifs is 2. The van der Waals surface area contributed by atoms with Crippen molar-refractivity contribution in [3.63, 3.8) is 0 Å². The van der Waals surface area contributed by atoms with Crippen LogP contribution < -0.4 is 9.47 Å². The molecule has 24 heavy (non-hydrogen) atoms. The Balaban J connectivity index is 1.71. The lowest BCUT2D eigenvalue weighted by atomic mass is 9.74. The van der Waals surface area contributed by atoms with Gasteiger partial charge in [-0.2, -0.15) is 0 Å². The molecular weight excluding hydrogens is 306 g/mol. The molecule has 1 aromatic carbocycles. The van der Waals surface area contributed by atoms with Crippen molar-refractivity contribution < 1.29 is 14.2 Å². The van der Waals surface area contributed by atoms with Gasteiger partial charge in [-0.1, -0.05) is 12.1 Å². The molecule has 2 aliphatic heterocycles. The lowest BCUT2D eigenvalue weighted by molar-refractivity contribution is -0.632. The smallest absolute Gasteiger partial charge is 0.333 e. The van der Waals surface area contributed by atoms with Gasteiger partial charge in [-0.05, 0) is 49.5 Å². The van der Waals surface area contributed by atoms with E-state index in [9.17, 15) is 5.21 Å². The van der Waals surface area contributed by atoms with Crippen LogP contribution in [0.1, 0.15) is 55.4 Å². The third kappa shape index (κ3) is 2.24. The Morgan fingerprint density at radius 2 is 2.08 bits per heavy atom. The van der Waals surface area contributed by atoms with Crippen LogP contribution in [0.5, 0.6) is 5.75 Å². The van der Waals surface area contributed by atoms with Crippen molar-refractivity contribution in [3.05, 3.63) is 52.2 Å². The van der Waals surface area contributed by atoms with Crippen LogP contribution in [-0.4, -0.2) is 23.4 Å². The minimum Gasteiger partial charge on any atom is -0.710 e. The third-order valence-electron chi connectivity index (χ3n) is 5.28. The molecule has 2 bridgehead atoms. The zero-order chi connectivity index (χ0) is 16.9. The molecule has 6 nitrogen and oxygen atoms in total. The summed E-state index contributed by atoms with van der Waals surface area (Å²) in [7, 11) is 1.63. The molecule has 6 heteroatoms. The van der Waals surface area contributed by atoms with Gasteiger partial charge in [-0.15, -0.1) is 0 Å². The van der Waals surface area contributed by atoms with Crippen LogP contribution in [-0.2, 0) is 16.8 Å². The number of nitrogens with zero attached hydrogens (tertiary/aromatic N) is 3.